The van der Waals surface area contributed by atoms with Crippen LogP contribution in [0.15, 0.2) is 29.4 Å². The zero-order valence-electron chi connectivity index (χ0n) is 19.7. The third-order valence-electron chi connectivity index (χ3n) is 7.31. The Morgan fingerprint density at radius 2 is 1.94 bits per heavy atom. The van der Waals surface area contributed by atoms with Crippen LogP contribution in [0.1, 0.15) is 53.2 Å². The van der Waals surface area contributed by atoms with Crippen LogP contribution in [0.4, 0.5) is 0 Å². The molecule has 2 fully saturated rings. The zero-order chi connectivity index (χ0) is 23.6. The number of hydrogen-bond donors (Lipinski definition) is 0. The summed E-state index contributed by atoms with van der Waals surface area (Å²) in [6.07, 6.45) is 7.65. The van der Waals surface area contributed by atoms with Crippen LogP contribution in [0.3, 0.4) is 0 Å². The summed E-state index contributed by atoms with van der Waals surface area (Å²) in [5.41, 5.74) is 3.79. The van der Waals surface area contributed by atoms with Gasteiger partial charge in [0.2, 0.25) is 12.3 Å². The van der Waals surface area contributed by atoms with Gasteiger partial charge in [-0.3, -0.25) is 14.5 Å². The average Bonchev–Trinajstić information content (AvgIpc) is 3.35. The van der Waals surface area contributed by atoms with Crippen molar-refractivity contribution in [2.75, 3.05) is 33.2 Å². The molecule has 3 heterocycles. The van der Waals surface area contributed by atoms with Crippen molar-refractivity contribution in [1.29, 1.82) is 0 Å². The van der Waals surface area contributed by atoms with Crippen LogP contribution in [0, 0.1) is 12.3 Å². The first-order valence-corrected chi connectivity index (χ1v) is 11.6. The number of fused-ring (bicyclic) bond motifs is 1. The highest BCUT2D eigenvalue weighted by atomic mass is 16.5. The van der Waals surface area contributed by atoms with Crippen molar-refractivity contribution in [2.24, 2.45) is 10.5 Å². The number of ether oxygens (including phenoxy) is 1. The third-order valence-corrected chi connectivity index (χ3v) is 7.31. The molecule has 0 saturated carbocycles. The first kappa shape index (κ1) is 23.2. The molecule has 0 bridgehead atoms. The lowest BCUT2D eigenvalue weighted by Crippen LogP contribution is -2.46. The van der Waals surface area contributed by atoms with Gasteiger partial charge in [-0.15, -0.1) is 0 Å². The Morgan fingerprint density at radius 1 is 1.21 bits per heavy atom. The first-order chi connectivity index (χ1) is 15.9. The number of esters is 1. The molecule has 2 saturated heterocycles. The van der Waals surface area contributed by atoms with Crippen molar-refractivity contribution in [1.82, 2.24) is 14.8 Å². The number of allylic oxidation sites excluding steroid dienone is 1. The Morgan fingerprint density at radius 3 is 2.64 bits per heavy atom. The van der Waals surface area contributed by atoms with Crippen LogP contribution >= 0.6 is 0 Å². The highest BCUT2D eigenvalue weighted by Gasteiger charge is 2.49. The summed E-state index contributed by atoms with van der Waals surface area (Å²) < 4.78 is 5.17. The summed E-state index contributed by atoms with van der Waals surface area (Å²) in [4.78, 5) is 40.3. The molecule has 0 aromatic heterocycles. The summed E-state index contributed by atoms with van der Waals surface area (Å²) in [6, 6.07) is 3.93. The van der Waals surface area contributed by atoms with E-state index in [1.807, 2.05) is 25.1 Å². The van der Waals surface area contributed by atoms with E-state index < -0.39 is 0 Å². The van der Waals surface area contributed by atoms with Crippen LogP contribution < -0.4 is 0 Å². The molecular weight excluding hydrogens is 420 g/mol. The molecule has 33 heavy (non-hydrogen) atoms. The van der Waals surface area contributed by atoms with E-state index in [2.05, 4.69) is 16.9 Å². The van der Waals surface area contributed by atoms with Gasteiger partial charge < -0.3 is 9.64 Å². The second-order valence-corrected chi connectivity index (χ2v) is 9.17. The molecule has 1 spiro atoms. The van der Waals surface area contributed by atoms with Gasteiger partial charge >= 0.3 is 5.97 Å². The lowest BCUT2D eigenvalue weighted by atomic mass is 9.77. The summed E-state index contributed by atoms with van der Waals surface area (Å²) in [5.74, 6) is 0.417. The summed E-state index contributed by atoms with van der Waals surface area (Å²) in [5, 5.41) is 5.46. The standard InChI is InChI=1S/C25H32N4O4/c1-4-5-22(26-27(3)17-30)29-15-11-25(24(29)32)9-13-28(14-10-25)12-8-19-6-7-20-21(18(19)2)16-33-23(20)31/h4-7,17H,8-16H2,1-3H3/b5-4-,26-22+. The SMILES string of the molecule is C/C=C\C(=N/N(C)C=O)N1CCC2(CCN(CCc3ccc4c(c3C)COC4=O)CC2)C1=O. The number of carbonyl (C=O) groups is 3. The minimum absolute atomic E-state index is 0.123. The van der Waals surface area contributed by atoms with Gasteiger partial charge in [0.1, 0.15) is 6.61 Å². The normalized spacial score (nSPS) is 20.6. The Labute approximate surface area is 194 Å². The Kier molecular flexibility index (Phi) is 6.65. The van der Waals surface area contributed by atoms with Crippen LogP contribution in [-0.2, 0) is 27.4 Å². The molecule has 0 radical (unpaired) electrons. The molecule has 8 nitrogen and oxygen atoms in total. The molecule has 1 aromatic carbocycles. The predicted molar refractivity (Wildman–Crippen MR) is 125 cm³/mol. The van der Waals surface area contributed by atoms with Gasteiger partial charge in [-0.25, -0.2) is 9.80 Å². The monoisotopic (exact) mass is 452 g/mol. The quantitative estimate of drug-likeness (QED) is 0.218. The lowest BCUT2D eigenvalue weighted by molar-refractivity contribution is -0.135. The number of cyclic esters (lactones) is 1. The molecule has 4 rings (SSSR count). The number of amidine groups is 1. The van der Waals surface area contributed by atoms with Crippen LogP contribution in [0.2, 0.25) is 0 Å². The topological polar surface area (TPSA) is 82.5 Å². The lowest BCUT2D eigenvalue weighted by Gasteiger charge is -2.38. The van der Waals surface area contributed by atoms with Gasteiger partial charge in [0.05, 0.1) is 11.0 Å². The largest absolute Gasteiger partial charge is 0.457 e. The zero-order valence-corrected chi connectivity index (χ0v) is 19.7. The number of hydrazone groups is 1. The van der Waals surface area contributed by atoms with Gasteiger partial charge in [-0.2, -0.15) is 5.10 Å². The molecule has 0 aliphatic carbocycles. The van der Waals surface area contributed by atoms with Crippen molar-refractivity contribution in [2.45, 2.75) is 46.1 Å². The van der Waals surface area contributed by atoms with E-state index >= 15 is 0 Å². The summed E-state index contributed by atoms with van der Waals surface area (Å²) in [7, 11) is 1.57. The maximum atomic E-state index is 13.4. The number of amides is 2. The number of rotatable bonds is 6. The molecule has 3 aliphatic heterocycles. The second kappa shape index (κ2) is 9.47. The number of hydrogen-bond acceptors (Lipinski definition) is 6. The van der Waals surface area contributed by atoms with Gasteiger partial charge in [0.25, 0.3) is 0 Å². The molecule has 176 valence electrons. The maximum absolute atomic E-state index is 13.4. The molecule has 3 aliphatic rings. The molecule has 0 unspecified atom stereocenters. The van der Waals surface area contributed by atoms with Crippen LogP contribution in [-0.4, -0.2) is 72.2 Å². The third kappa shape index (κ3) is 4.44. The van der Waals surface area contributed by atoms with Crippen LogP contribution in [0.25, 0.3) is 0 Å². The molecule has 0 N–H and O–H groups in total. The van der Waals surface area contributed by atoms with E-state index in [4.69, 9.17) is 4.74 Å². The number of likely N-dealkylation sites (tertiary alicyclic amines) is 2. The Bertz CT molecular complexity index is 1010. The smallest absolute Gasteiger partial charge is 0.338 e. The summed E-state index contributed by atoms with van der Waals surface area (Å²) in [6.45, 7) is 7.64. The number of nitrogens with zero attached hydrogens (tertiary/aromatic N) is 4. The van der Waals surface area contributed by atoms with Gasteiger partial charge in [0, 0.05) is 25.7 Å². The van der Waals surface area contributed by atoms with E-state index in [0.29, 0.717) is 31.0 Å². The van der Waals surface area contributed by atoms with Gasteiger partial charge in [0.15, 0.2) is 5.84 Å². The Hall–Kier alpha value is -3.00. The van der Waals surface area contributed by atoms with Gasteiger partial charge in [-0.1, -0.05) is 12.1 Å². The minimum Gasteiger partial charge on any atom is -0.457 e. The van der Waals surface area contributed by atoms with Crippen molar-refractivity contribution in [3.63, 3.8) is 0 Å². The van der Waals surface area contributed by atoms with E-state index in [1.165, 1.54) is 10.6 Å². The number of benzene rings is 1. The molecule has 1 aromatic rings. The highest BCUT2D eigenvalue weighted by Crippen LogP contribution is 2.42. The minimum atomic E-state index is -0.334. The number of carbonyl (C=O) groups excluding carboxylic acids is 3. The van der Waals surface area contributed by atoms with E-state index in [9.17, 15) is 14.4 Å². The highest BCUT2D eigenvalue weighted by molar-refractivity contribution is 6.07. The van der Waals surface area contributed by atoms with Crippen LogP contribution in [0.5, 0.6) is 0 Å². The van der Waals surface area contributed by atoms with Gasteiger partial charge in [-0.05, 0) is 75.9 Å². The fraction of sp³-hybridized carbons (Fsp3) is 0.520. The molecule has 0 atom stereocenters. The predicted octanol–water partition coefficient (Wildman–Crippen LogP) is 2.50. The molecule has 2 amide bonds. The Balaban J connectivity index is 1.36. The van der Waals surface area contributed by atoms with Crippen molar-refractivity contribution in [3.8, 4) is 0 Å². The average molecular weight is 453 g/mol. The van der Waals surface area contributed by atoms with Crippen molar-refractivity contribution >= 4 is 24.1 Å². The first-order valence-electron chi connectivity index (χ1n) is 11.6. The maximum Gasteiger partial charge on any atom is 0.338 e. The fourth-order valence-electron chi connectivity index (χ4n) is 5.17. The number of piperidine rings is 1. The second-order valence-electron chi connectivity index (χ2n) is 9.17. The molecular formula is C25H32N4O4. The van der Waals surface area contributed by atoms with Crippen molar-refractivity contribution in [3.05, 3.63) is 46.5 Å². The van der Waals surface area contributed by atoms with E-state index in [0.717, 1.165) is 56.4 Å². The van der Waals surface area contributed by atoms with E-state index in [-0.39, 0.29) is 17.3 Å². The van der Waals surface area contributed by atoms with Crippen molar-refractivity contribution < 1.29 is 19.1 Å². The molecule has 8 heteroatoms. The summed E-state index contributed by atoms with van der Waals surface area (Å²) >= 11 is 0. The van der Waals surface area contributed by atoms with E-state index in [1.54, 1.807) is 18.0 Å². The fourth-order valence-corrected chi connectivity index (χ4v) is 5.17.